The van der Waals surface area contributed by atoms with Gasteiger partial charge in [0.25, 0.3) is 0 Å². The van der Waals surface area contributed by atoms with Crippen molar-refractivity contribution in [2.75, 3.05) is 5.32 Å². The summed E-state index contributed by atoms with van der Waals surface area (Å²) >= 11 is 1.05. The van der Waals surface area contributed by atoms with Gasteiger partial charge in [0.15, 0.2) is 5.78 Å². The highest BCUT2D eigenvalue weighted by molar-refractivity contribution is 8.00. The molecule has 0 saturated heterocycles. The maximum atomic E-state index is 12.6. The van der Waals surface area contributed by atoms with Gasteiger partial charge in [-0.2, -0.15) is 4.68 Å². The molecule has 3 aromatic rings. The number of nitrogens with one attached hydrogen (secondary N) is 1. The second kappa shape index (κ2) is 9.16. The number of Topliss-reactive ketones (excluding diaryl/α,β-unsaturated/α-hetero) is 1. The summed E-state index contributed by atoms with van der Waals surface area (Å²) in [6.07, 6.45) is -4.79. The monoisotopic (exact) mass is 451 g/mol. The lowest BCUT2D eigenvalue weighted by atomic mass is 10.1. The number of para-hydroxylation sites is 1. The van der Waals surface area contributed by atoms with E-state index >= 15 is 0 Å². The fourth-order valence-corrected chi connectivity index (χ4v) is 3.36. The second-order valence-corrected chi connectivity index (χ2v) is 7.57. The van der Waals surface area contributed by atoms with Crippen LogP contribution in [-0.2, 0) is 4.79 Å². The Morgan fingerprint density at radius 3 is 2.45 bits per heavy atom. The third kappa shape index (κ3) is 5.81. The van der Waals surface area contributed by atoms with E-state index in [1.807, 2.05) is 0 Å². The van der Waals surface area contributed by atoms with Crippen LogP contribution in [0.4, 0.5) is 18.9 Å². The Kier molecular flexibility index (Phi) is 6.59. The molecule has 3 rings (SSSR count). The number of tetrazole rings is 1. The number of halogens is 3. The third-order valence-corrected chi connectivity index (χ3v) is 5.00. The van der Waals surface area contributed by atoms with Crippen LogP contribution in [0.5, 0.6) is 5.75 Å². The quantitative estimate of drug-likeness (QED) is 0.430. The first-order valence-electron chi connectivity index (χ1n) is 8.86. The van der Waals surface area contributed by atoms with Crippen molar-refractivity contribution in [1.29, 1.82) is 0 Å². The first-order valence-corrected chi connectivity index (χ1v) is 9.74. The van der Waals surface area contributed by atoms with Gasteiger partial charge in [-0.1, -0.05) is 23.9 Å². The van der Waals surface area contributed by atoms with Gasteiger partial charge in [0.2, 0.25) is 11.1 Å². The van der Waals surface area contributed by atoms with Crippen molar-refractivity contribution in [3.05, 3.63) is 54.1 Å². The van der Waals surface area contributed by atoms with Crippen LogP contribution in [0.15, 0.2) is 53.7 Å². The first-order chi connectivity index (χ1) is 14.6. The van der Waals surface area contributed by atoms with E-state index in [0.29, 0.717) is 16.9 Å². The largest absolute Gasteiger partial charge is 0.573 e. The normalized spacial score (nSPS) is 12.3. The lowest BCUT2D eigenvalue weighted by Gasteiger charge is -2.13. The standard InChI is InChI=1S/C19H16F3N5O3S/c1-11(28)15-5-3-4-6-16(15)23-17(29)12(2)31-18-24-25-26-27(18)13-7-9-14(10-8-13)30-19(20,21)22/h3-10,12H,1-2H3,(H,23,29). The molecule has 0 radical (unpaired) electrons. The average molecular weight is 451 g/mol. The predicted octanol–water partition coefficient (Wildman–Crippen LogP) is 3.88. The van der Waals surface area contributed by atoms with Crippen molar-refractivity contribution in [3.63, 3.8) is 0 Å². The summed E-state index contributed by atoms with van der Waals surface area (Å²) in [5.74, 6) is -0.935. The summed E-state index contributed by atoms with van der Waals surface area (Å²) in [6.45, 7) is 3.04. The highest BCUT2D eigenvalue weighted by Crippen LogP contribution is 2.27. The van der Waals surface area contributed by atoms with Gasteiger partial charge in [-0.05, 0) is 60.7 Å². The van der Waals surface area contributed by atoms with E-state index in [-0.39, 0.29) is 22.6 Å². The Morgan fingerprint density at radius 2 is 1.81 bits per heavy atom. The van der Waals surface area contributed by atoms with Gasteiger partial charge in [-0.25, -0.2) is 0 Å². The van der Waals surface area contributed by atoms with Crippen molar-refractivity contribution >= 4 is 29.1 Å². The topological polar surface area (TPSA) is 99.0 Å². The van der Waals surface area contributed by atoms with Crippen LogP contribution in [0, 0.1) is 0 Å². The maximum Gasteiger partial charge on any atom is 0.573 e. The van der Waals surface area contributed by atoms with Gasteiger partial charge < -0.3 is 10.1 Å². The molecule has 1 unspecified atom stereocenters. The first kappa shape index (κ1) is 22.3. The highest BCUT2D eigenvalue weighted by Gasteiger charge is 2.31. The summed E-state index contributed by atoms with van der Waals surface area (Å²) in [5.41, 5.74) is 1.17. The van der Waals surface area contributed by atoms with E-state index in [1.165, 1.54) is 23.7 Å². The molecular weight excluding hydrogens is 435 g/mol. The number of aromatic nitrogens is 4. The minimum absolute atomic E-state index is 0.182. The fourth-order valence-electron chi connectivity index (χ4n) is 2.55. The van der Waals surface area contributed by atoms with Crippen LogP contribution in [0.1, 0.15) is 24.2 Å². The molecule has 1 N–H and O–H groups in total. The number of hydrogen-bond acceptors (Lipinski definition) is 7. The summed E-state index contributed by atoms with van der Waals surface area (Å²) in [6, 6.07) is 11.6. The molecule has 0 fully saturated rings. The summed E-state index contributed by atoms with van der Waals surface area (Å²) in [4.78, 5) is 24.3. The summed E-state index contributed by atoms with van der Waals surface area (Å²) in [5, 5.41) is 13.6. The second-order valence-electron chi connectivity index (χ2n) is 6.27. The molecule has 0 aliphatic rings. The molecule has 0 aliphatic heterocycles. The molecule has 12 heteroatoms. The number of alkyl halides is 3. The van der Waals surface area contributed by atoms with E-state index < -0.39 is 11.6 Å². The minimum Gasteiger partial charge on any atom is -0.406 e. The zero-order valence-corrected chi connectivity index (χ0v) is 17.1. The Bertz CT molecular complexity index is 1090. The molecule has 0 bridgehead atoms. The zero-order chi connectivity index (χ0) is 22.6. The smallest absolute Gasteiger partial charge is 0.406 e. The van der Waals surface area contributed by atoms with Crippen LogP contribution < -0.4 is 10.1 Å². The molecule has 1 atom stereocenters. The number of thioether (sulfide) groups is 1. The molecule has 0 saturated carbocycles. The lowest BCUT2D eigenvalue weighted by molar-refractivity contribution is -0.274. The van der Waals surface area contributed by atoms with E-state index in [9.17, 15) is 22.8 Å². The van der Waals surface area contributed by atoms with E-state index in [4.69, 9.17) is 0 Å². The number of nitrogens with zero attached hydrogens (tertiary/aromatic N) is 4. The fraction of sp³-hybridized carbons (Fsp3) is 0.211. The SMILES string of the molecule is CC(=O)c1ccccc1NC(=O)C(C)Sc1nnnn1-c1ccc(OC(F)(F)F)cc1. The Balaban J connectivity index is 1.71. The molecule has 31 heavy (non-hydrogen) atoms. The van der Waals surface area contributed by atoms with Gasteiger partial charge in [-0.15, -0.1) is 18.3 Å². The lowest BCUT2D eigenvalue weighted by Crippen LogP contribution is -2.24. The van der Waals surface area contributed by atoms with Gasteiger partial charge in [-0.3, -0.25) is 9.59 Å². The molecule has 0 spiro atoms. The van der Waals surface area contributed by atoms with Gasteiger partial charge in [0, 0.05) is 5.56 Å². The van der Waals surface area contributed by atoms with Crippen LogP contribution >= 0.6 is 11.8 Å². The minimum atomic E-state index is -4.79. The summed E-state index contributed by atoms with van der Waals surface area (Å²) in [7, 11) is 0. The summed E-state index contributed by atoms with van der Waals surface area (Å²) < 4.78 is 42.0. The third-order valence-electron chi connectivity index (χ3n) is 3.97. The predicted molar refractivity (Wildman–Crippen MR) is 106 cm³/mol. The Labute approximate surface area is 178 Å². The van der Waals surface area contributed by atoms with Crippen molar-refractivity contribution in [1.82, 2.24) is 20.2 Å². The molecule has 162 valence electrons. The molecule has 2 aromatic carbocycles. The van der Waals surface area contributed by atoms with Crippen LogP contribution in [0.3, 0.4) is 0 Å². The van der Waals surface area contributed by atoms with E-state index in [2.05, 4.69) is 25.6 Å². The van der Waals surface area contributed by atoms with Crippen molar-refractivity contribution < 1.29 is 27.5 Å². The Hall–Kier alpha value is -3.41. The Morgan fingerprint density at radius 1 is 1.13 bits per heavy atom. The van der Waals surface area contributed by atoms with Gasteiger partial charge >= 0.3 is 6.36 Å². The molecule has 1 aromatic heterocycles. The number of amides is 1. The van der Waals surface area contributed by atoms with Crippen molar-refractivity contribution in [2.24, 2.45) is 0 Å². The molecule has 1 amide bonds. The highest BCUT2D eigenvalue weighted by atomic mass is 32.2. The average Bonchev–Trinajstić information content (AvgIpc) is 3.15. The maximum absolute atomic E-state index is 12.6. The number of carbonyl (C=O) groups is 2. The number of rotatable bonds is 7. The van der Waals surface area contributed by atoms with E-state index in [0.717, 1.165) is 23.9 Å². The number of anilines is 1. The number of hydrogen-bond donors (Lipinski definition) is 1. The molecular formula is C19H16F3N5O3S. The molecule has 8 nitrogen and oxygen atoms in total. The van der Waals surface area contributed by atoms with Crippen LogP contribution in [-0.4, -0.2) is 43.5 Å². The number of ketones is 1. The van der Waals surface area contributed by atoms with Crippen molar-refractivity contribution in [3.8, 4) is 11.4 Å². The molecule has 0 aliphatic carbocycles. The number of carbonyl (C=O) groups excluding carboxylic acids is 2. The molecule has 1 heterocycles. The zero-order valence-electron chi connectivity index (χ0n) is 16.3. The number of benzene rings is 2. The van der Waals surface area contributed by atoms with Gasteiger partial charge in [0.1, 0.15) is 5.75 Å². The number of ether oxygens (including phenoxy) is 1. The van der Waals surface area contributed by atoms with E-state index in [1.54, 1.807) is 31.2 Å². The van der Waals surface area contributed by atoms with Crippen LogP contribution in [0.25, 0.3) is 5.69 Å². The van der Waals surface area contributed by atoms with Crippen LogP contribution in [0.2, 0.25) is 0 Å². The van der Waals surface area contributed by atoms with Gasteiger partial charge in [0.05, 0.1) is 16.6 Å². The van der Waals surface area contributed by atoms with Crippen molar-refractivity contribution in [2.45, 2.75) is 30.6 Å².